The summed E-state index contributed by atoms with van der Waals surface area (Å²) in [7, 11) is 0. The van der Waals surface area contributed by atoms with Crippen LogP contribution in [0.4, 0.5) is 0 Å². The van der Waals surface area contributed by atoms with E-state index >= 15 is 0 Å². The molecule has 0 unspecified atom stereocenters. The quantitative estimate of drug-likeness (QED) is 0.592. The van der Waals surface area contributed by atoms with Gasteiger partial charge in [-0.25, -0.2) is 4.98 Å². The maximum atomic E-state index is 9.12. The zero-order valence-corrected chi connectivity index (χ0v) is 10.1. The number of allylic oxidation sites excluding steroid dienone is 1. The number of rotatable bonds is 5. The zero-order valence-electron chi connectivity index (χ0n) is 10.1. The minimum Gasteiger partial charge on any atom is -0.478 e. The van der Waals surface area contributed by atoms with Crippen LogP contribution in [0, 0.1) is 11.3 Å². The molecule has 0 saturated carbocycles. The SMILES string of the molecule is C=CCCCOc1cc(C#N)c2ccccc2n1. The molecule has 0 amide bonds. The monoisotopic (exact) mass is 238 g/mol. The summed E-state index contributed by atoms with van der Waals surface area (Å²) in [6.07, 6.45) is 3.68. The molecular weight excluding hydrogens is 224 g/mol. The normalized spacial score (nSPS) is 9.94. The number of fused-ring (bicyclic) bond motifs is 1. The van der Waals surface area contributed by atoms with Crippen LogP contribution in [0.5, 0.6) is 5.88 Å². The largest absolute Gasteiger partial charge is 0.478 e. The fraction of sp³-hybridized carbons (Fsp3) is 0.200. The summed E-state index contributed by atoms with van der Waals surface area (Å²) in [5.74, 6) is 0.509. The molecule has 0 aliphatic carbocycles. The second kappa shape index (κ2) is 5.83. The minimum absolute atomic E-state index is 0.509. The summed E-state index contributed by atoms with van der Waals surface area (Å²) < 4.78 is 5.55. The van der Waals surface area contributed by atoms with E-state index in [1.165, 1.54) is 0 Å². The molecule has 0 aliphatic rings. The van der Waals surface area contributed by atoms with E-state index in [1.54, 1.807) is 6.07 Å². The molecule has 3 nitrogen and oxygen atoms in total. The number of para-hydroxylation sites is 1. The number of aromatic nitrogens is 1. The molecule has 0 N–H and O–H groups in total. The summed E-state index contributed by atoms with van der Waals surface area (Å²) in [4.78, 5) is 4.38. The Balaban J connectivity index is 2.24. The van der Waals surface area contributed by atoms with Gasteiger partial charge in [-0.1, -0.05) is 24.3 Å². The third-order valence-electron chi connectivity index (χ3n) is 2.62. The molecule has 0 atom stereocenters. The fourth-order valence-electron chi connectivity index (χ4n) is 1.72. The highest BCUT2D eigenvalue weighted by molar-refractivity contribution is 5.85. The van der Waals surface area contributed by atoms with E-state index in [0.717, 1.165) is 23.7 Å². The van der Waals surface area contributed by atoms with Crippen LogP contribution in [0.25, 0.3) is 10.9 Å². The Labute approximate surface area is 106 Å². The highest BCUT2D eigenvalue weighted by atomic mass is 16.5. The van der Waals surface area contributed by atoms with Crippen LogP contribution in [0.15, 0.2) is 43.0 Å². The van der Waals surface area contributed by atoms with E-state index in [-0.39, 0.29) is 0 Å². The molecule has 0 bridgehead atoms. The van der Waals surface area contributed by atoms with E-state index in [4.69, 9.17) is 10.00 Å². The second-order valence-corrected chi connectivity index (χ2v) is 3.92. The molecule has 18 heavy (non-hydrogen) atoms. The molecule has 1 heterocycles. The van der Waals surface area contributed by atoms with Gasteiger partial charge in [0.05, 0.1) is 17.7 Å². The Morgan fingerprint density at radius 3 is 3.00 bits per heavy atom. The van der Waals surface area contributed by atoms with Gasteiger partial charge in [0.2, 0.25) is 5.88 Å². The number of hydrogen-bond acceptors (Lipinski definition) is 3. The molecule has 0 saturated heterocycles. The van der Waals surface area contributed by atoms with Crippen molar-refractivity contribution in [3.8, 4) is 11.9 Å². The first kappa shape index (κ1) is 12.1. The minimum atomic E-state index is 0.509. The van der Waals surface area contributed by atoms with Crippen molar-refractivity contribution in [3.05, 3.63) is 48.6 Å². The summed E-state index contributed by atoms with van der Waals surface area (Å²) >= 11 is 0. The number of pyridine rings is 1. The standard InChI is InChI=1S/C15H14N2O/c1-2-3-6-9-18-15-10-12(11-16)13-7-4-5-8-14(13)17-15/h2,4-5,7-8,10H,1,3,6,9H2. The summed E-state index contributed by atoms with van der Waals surface area (Å²) in [5.41, 5.74) is 1.38. The van der Waals surface area contributed by atoms with Crippen molar-refractivity contribution in [1.29, 1.82) is 5.26 Å². The van der Waals surface area contributed by atoms with Crippen molar-refractivity contribution in [1.82, 2.24) is 4.98 Å². The average molecular weight is 238 g/mol. The van der Waals surface area contributed by atoms with Crippen LogP contribution in [0.2, 0.25) is 0 Å². The van der Waals surface area contributed by atoms with Gasteiger partial charge in [-0.15, -0.1) is 6.58 Å². The predicted molar refractivity (Wildman–Crippen MR) is 71.4 cm³/mol. The topological polar surface area (TPSA) is 45.9 Å². The third kappa shape index (κ3) is 2.67. The van der Waals surface area contributed by atoms with Crippen LogP contribution in [-0.2, 0) is 0 Å². The van der Waals surface area contributed by atoms with Gasteiger partial charge in [-0.3, -0.25) is 0 Å². The Kier molecular flexibility index (Phi) is 3.93. The first-order valence-electron chi connectivity index (χ1n) is 5.88. The molecule has 2 rings (SSSR count). The van der Waals surface area contributed by atoms with Crippen LogP contribution < -0.4 is 4.74 Å². The van der Waals surface area contributed by atoms with Crippen LogP contribution >= 0.6 is 0 Å². The van der Waals surface area contributed by atoms with Gasteiger partial charge < -0.3 is 4.74 Å². The number of benzene rings is 1. The lowest BCUT2D eigenvalue weighted by Gasteiger charge is -2.06. The predicted octanol–water partition coefficient (Wildman–Crippen LogP) is 3.45. The van der Waals surface area contributed by atoms with Gasteiger partial charge in [-0.05, 0) is 18.9 Å². The van der Waals surface area contributed by atoms with Crippen molar-refractivity contribution in [2.24, 2.45) is 0 Å². The number of nitriles is 1. The lowest BCUT2D eigenvalue weighted by atomic mass is 10.1. The summed E-state index contributed by atoms with van der Waals surface area (Å²) in [6, 6.07) is 11.4. The van der Waals surface area contributed by atoms with Gasteiger partial charge in [0.25, 0.3) is 0 Å². The lowest BCUT2D eigenvalue weighted by molar-refractivity contribution is 0.301. The van der Waals surface area contributed by atoms with Crippen LogP contribution in [0.1, 0.15) is 18.4 Å². The third-order valence-corrected chi connectivity index (χ3v) is 2.62. The van der Waals surface area contributed by atoms with E-state index in [9.17, 15) is 0 Å². The molecule has 1 aromatic heterocycles. The smallest absolute Gasteiger partial charge is 0.215 e. The fourth-order valence-corrected chi connectivity index (χ4v) is 1.72. The van der Waals surface area contributed by atoms with Crippen molar-refractivity contribution in [2.45, 2.75) is 12.8 Å². The Hall–Kier alpha value is -2.34. The second-order valence-electron chi connectivity index (χ2n) is 3.92. The highest BCUT2D eigenvalue weighted by Crippen LogP contribution is 2.21. The molecule has 2 aromatic rings. The van der Waals surface area contributed by atoms with E-state index in [1.807, 2.05) is 30.3 Å². The Bertz CT molecular complexity index is 599. The molecule has 0 aliphatic heterocycles. The van der Waals surface area contributed by atoms with Gasteiger partial charge in [0.1, 0.15) is 6.07 Å². The number of unbranched alkanes of at least 4 members (excludes halogenated alkanes) is 1. The van der Waals surface area contributed by atoms with Crippen LogP contribution in [-0.4, -0.2) is 11.6 Å². The van der Waals surface area contributed by atoms with Crippen LogP contribution in [0.3, 0.4) is 0 Å². The molecule has 0 radical (unpaired) electrons. The van der Waals surface area contributed by atoms with Crippen molar-refractivity contribution in [3.63, 3.8) is 0 Å². The zero-order chi connectivity index (χ0) is 12.8. The molecular formula is C15H14N2O. The molecule has 3 heteroatoms. The maximum absolute atomic E-state index is 9.12. The van der Waals surface area contributed by atoms with Gasteiger partial charge in [0, 0.05) is 11.5 Å². The van der Waals surface area contributed by atoms with Gasteiger partial charge >= 0.3 is 0 Å². The van der Waals surface area contributed by atoms with Gasteiger partial charge in [-0.2, -0.15) is 5.26 Å². The van der Waals surface area contributed by atoms with Crippen molar-refractivity contribution in [2.75, 3.05) is 6.61 Å². The number of ether oxygens (including phenoxy) is 1. The summed E-state index contributed by atoms with van der Waals surface area (Å²) in [5, 5.41) is 9.98. The highest BCUT2D eigenvalue weighted by Gasteiger charge is 2.05. The maximum Gasteiger partial charge on any atom is 0.215 e. The van der Waals surface area contributed by atoms with Crippen molar-refractivity contribution < 1.29 is 4.74 Å². The van der Waals surface area contributed by atoms with E-state index in [2.05, 4.69) is 17.6 Å². The average Bonchev–Trinajstić information content (AvgIpc) is 2.42. The lowest BCUT2D eigenvalue weighted by Crippen LogP contribution is -1.99. The Morgan fingerprint density at radius 1 is 1.39 bits per heavy atom. The van der Waals surface area contributed by atoms with Gasteiger partial charge in [0.15, 0.2) is 0 Å². The van der Waals surface area contributed by atoms with E-state index in [0.29, 0.717) is 18.1 Å². The number of nitrogens with zero attached hydrogens (tertiary/aromatic N) is 2. The van der Waals surface area contributed by atoms with Crippen molar-refractivity contribution >= 4 is 10.9 Å². The first-order chi connectivity index (χ1) is 8.85. The molecule has 0 fully saturated rings. The molecule has 90 valence electrons. The molecule has 0 spiro atoms. The van der Waals surface area contributed by atoms with E-state index < -0.39 is 0 Å². The Morgan fingerprint density at radius 2 is 2.22 bits per heavy atom. The summed E-state index contributed by atoms with van der Waals surface area (Å²) in [6.45, 7) is 4.24. The first-order valence-corrected chi connectivity index (χ1v) is 5.88. The number of hydrogen-bond donors (Lipinski definition) is 0. The molecule has 1 aromatic carbocycles.